The molecule has 20 heavy (non-hydrogen) atoms. The molecule has 0 aliphatic rings. The summed E-state index contributed by atoms with van der Waals surface area (Å²) in [7, 11) is 0. The zero-order chi connectivity index (χ0) is 15.9. The van der Waals surface area contributed by atoms with E-state index in [9.17, 15) is 0 Å². The van der Waals surface area contributed by atoms with Crippen LogP contribution < -0.4 is 0 Å². The molecule has 1 aromatic heterocycles. The Kier molecular flexibility index (Phi) is 4.39. The van der Waals surface area contributed by atoms with Crippen molar-refractivity contribution in [1.82, 2.24) is 9.97 Å². The Hall–Kier alpha value is -0.920. The Morgan fingerprint density at radius 2 is 0.950 bits per heavy atom. The van der Waals surface area contributed by atoms with Crippen molar-refractivity contribution in [3.8, 4) is 0 Å². The minimum Gasteiger partial charge on any atom is -0.253 e. The van der Waals surface area contributed by atoms with Gasteiger partial charge in [-0.05, 0) is 6.42 Å². The van der Waals surface area contributed by atoms with Gasteiger partial charge in [0.05, 0.1) is 22.8 Å². The highest BCUT2D eigenvalue weighted by Gasteiger charge is 2.31. The van der Waals surface area contributed by atoms with Gasteiger partial charge in [0.15, 0.2) is 0 Å². The Morgan fingerprint density at radius 1 is 0.600 bits per heavy atom. The van der Waals surface area contributed by atoms with Crippen molar-refractivity contribution in [1.29, 1.82) is 0 Å². The molecule has 0 bridgehead atoms. The highest BCUT2D eigenvalue weighted by atomic mass is 14.9. The molecule has 0 saturated heterocycles. The molecule has 2 heteroatoms. The summed E-state index contributed by atoms with van der Waals surface area (Å²) in [6.45, 7) is 22.2. The van der Waals surface area contributed by atoms with Gasteiger partial charge in [-0.3, -0.25) is 9.97 Å². The molecule has 0 spiro atoms. The van der Waals surface area contributed by atoms with E-state index in [1.165, 1.54) is 0 Å². The van der Waals surface area contributed by atoms with Crippen LogP contribution in [0.1, 0.15) is 92.0 Å². The predicted molar refractivity (Wildman–Crippen MR) is 87.5 cm³/mol. The molecule has 0 unspecified atom stereocenters. The topological polar surface area (TPSA) is 25.8 Å². The number of hydrogen-bond acceptors (Lipinski definition) is 2. The zero-order valence-electron chi connectivity index (χ0n) is 15.1. The van der Waals surface area contributed by atoms with Gasteiger partial charge >= 0.3 is 0 Å². The monoisotopic (exact) mass is 276 g/mol. The standard InChI is InChI=1S/C18H32N2/c1-11-12-13(16(2,3)4)20-15(18(8,9)10)14(19-12)17(5,6)7/h11H2,1-10H3. The fourth-order valence-electron chi connectivity index (χ4n) is 2.36. The third-order valence-electron chi connectivity index (χ3n) is 3.43. The van der Waals surface area contributed by atoms with Gasteiger partial charge in [-0.2, -0.15) is 0 Å². The Bertz CT molecular complexity index is 480. The molecule has 0 atom stereocenters. The summed E-state index contributed by atoms with van der Waals surface area (Å²) in [6, 6.07) is 0. The van der Waals surface area contributed by atoms with Crippen LogP contribution in [0.25, 0.3) is 0 Å². The van der Waals surface area contributed by atoms with Crippen LogP contribution in [0.3, 0.4) is 0 Å². The van der Waals surface area contributed by atoms with Gasteiger partial charge in [0, 0.05) is 16.2 Å². The van der Waals surface area contributed by atoms with E-state index in [-0.39, 0.29) is 16.2 Å². The maximum Gasteiger partial charge on any atom is 0.0681 e. The van der Waals surface area contributed by atoms with E-state index in [0.717, 1.165) is 29.2 Å². The van der Waals surface area contributed by atoms with Gasteiger partial charge in [-0.1, -0.05) is 69.2 Å². The van der Waals surface area contributed by atoms with Crippen LogP contribution in [-0.2, 0) is 22.7 Å². The highest BCUT2D eigenvalue weighted by Crippen LogP contribution is 2.34. The summed E-state index contributed by atoms with van der Waals surface area (Å²) in [6.07, 6.45) is 0.938. The van der Waals surface area contributed by atoms with E-state index in [1.807, 2.05) is 0 Å². The molecular weight excluding hydrogens is 244 g/mol. The van der Waals surface area contributed by atoms with E-state index in [2.05, 4.69) is 69.2 Å². The van der Waals surface area contributed by atoms with E-state index < -0.39 is 0 Å². The second-order valence-corrected chi connectivity index (χ2v) is 8.82. The Balaban J connectivity index is 3.72. The van der Waals surface area contributed by atoms with E-state index >= 15 is 0 Å². The molecule has 0 radical (unpaired) electrons. The van der Waals surface area contributed by atoms with Gasteiger partial charge in [0.25, 0.3) is 0 Å². The summed E-state index contributed by atoms with van der Waals surface area (Å²) < 4.78 is 0. The zero-order valence-corrected chi connectivity index (χ0v) is 15.1. The average molecular weight is 276 g/mol. The van der Waals surface area contributed by atoms with Crippen molar-refractivity contribution >= 4 is 0 Å². The normalized spacial score (nSPS) is 13.7. The van der Waals surface area contributed by atoms with Crippen LogP contribution in [-0.4, -0.2) is 9.97 Å². The first-order valence-electron chi connectivity index (χ1n) is 7.71. The van der Waals surface area contributed by atoms with Crippen molar-refractivity contribution in [2.24, 2.45) is 0 Å². The molecule has 0 aliphatic carbocycles. The lowest BCUT2D eigenvalue weighted by atomic mass is 9.80. The largest absolute Gasteiger partial charge is 0.253 e. The van der Waals surface area contributed by atoms with Crippen molar-refractivity contribution < 1.29 is 0 Å². The molecule has 1 rings (SSSR count). The SMILES string of the molecule is CCc1nc(C(C)(C)C)c(C(C)(C)C)nc1C(C)(C)C. The van der Waals surface area contributed by atoms with E-state index in [0.29, 0.717) is 0 Å². The summed E-state index contributed by atoms with van der Waals surface area (Å²) >= 11 is 0. The van der Waals surface area contributed by atoms with Gasteiger partial charge in [-0.25, -0.2) is 0 Å². The number of rotatable bonds is 1. The molecule has 0 saturated carbocycles. The summed E-state index contributed by atoms with van der Waals surface area (Å²) in [4.78, 5) is 10.1. The number of hydrogen-bond donors (Lipinski definition) is 0. The van der Waals surface area contributed by atoms with Gasteiger partial charge < -0.3 is 0 Å². The maximum atomic E-state index is 5.09. The maximum absolute atomic E-state index is 5.09. The Morgan fingerprint density at radius 3 is 1.25 bits per heavy atom. The summed E-state index contributed by atoms with van der Waals surface area (Å²) in [5.41, 5.74) is 4.67. The molecule has 0 aromatic carbocycles. The van der Waals surface area contributed by atoms with E-state index in [4.69, 9.17) is 9.97 Å². The molecule has 0 N–H and O–H groups in total. The fraction of sp³-hybridized carbons (Fsp3) is 0.778. The summed E-state index contributed by atoms with van der Waals surface area (Å²) in [5.74, 6) is 0. The average Bonchev–Trinajstić information content (AvgIpc) is 2.23. The van der Waals surface area contributed by atoms with Crippen molar-refractivity contribution in [3.63, 3.8) is 0 Å². The summed E-state index contributed by atoms with van der Waals surface area (Å²) in [5, 5.41) is 0. The Labute approximate surface area is 125 Å². The molecule has 114 valence electrons. The lowest BCUT2D eigenvalue weighted by Crippen LogP contribution is -2.29. The van der Waals surface area contributed by atoms with Crippen LogP contribution in [0, 0.1) is 0 Å². The van der Waals surface area contributed by atoms with Crippen LogP contribution in [0.15, 0.2) is 0 Å². The molecule has 0 fully saturated rings. The van der Waals surface area contributed by atoms with Crippen LogP contribution in [0.4, 0.5) is 0 Å². The molecule has 0 aliphatic heterocycles. The first kappa shape index (κ1) is 17.1. The predicted octanol–water partition coefficient (Wildman–Crippen LogP) is 4.93. The molecule has 1 heterocycles. The smallest absolute Gasteiger partial charge is 0.0681 e. The van der Waals surface area contributed by atoms with Crippen LogP contribution >= 0.6 is 0 Å². The molecule has 1 aromatic rings. The molecule has 2 nitrogen and oxygen atoms in total. The van der Waals surface area contributed by atoms with Crippen LogP contribution in [0.2, 0.25) is 0 Å². The number of nitrogens with zero attached hydrogens (tertiary/aromatic N) is 2. The van der Waals surface area contributed by atoms with Gasteiger partial charge in [-0.15, -0.1) is 0 Å². The second kappa shape index (κ2) is 5.13. The van der Waals surface area contributed by atoms with Crippen molar-refractivity contribution in [2.45, 2.75) is 91.9 Å². The third kappa shape index (κ3) is 3.59. The molecule has 0 amide bonds. The minimum atomic E-state index is 0.0158. The first-order chi connectivity index (χ1) is 8.78. The molecular formula is C18H32N2. The lowest BCUT2D eigenvalue weighted by Gasteiger charge is -2.31. The minimum absolute atomic E-state index is 0.0158. The van der Waals surface area contributed by atoms with Crippen molar-refractivity contribution in [2.75, 3.05) is 0 Å². The van der Waals surface area contributed by atoms with Gasteiger partial charge in [0.1, 0.15) is 0 Å². The third-order valence-corrected chi connectivity index (χ3v) is 3.43. The van der Waals surface area contributed by atoms with Crippen LogP contribution in [0.5, 0.6) is 0 Å². The lowest BCUT2D eigenvalue weighted by molar-refractivity contribution is 0.473. The van der Waals surface area contributed by atoms with Crippen molar-refractivity contribution in [3.05, 3.63) is 22.8 Å². The number of aromatic nitrogens is 2. The quantitative estimate of drug-likeness (QED) is 0.726. The first-order valence-corrected chi connectivity index (χ1v) is 7.71. The number of aryl methyl sites for hydroxylation is 1. The van der Waals surface area contributed by atoms with E-state index in [1.54, 1.807) is 0 Å². The fourth-order valence-corrected chi connectivity index (χ4v) is 2.36. The second-order valence-electron chi connectivity index (χ2n) is 8.82. The highest BCUT2D eigenvalue weighted by molar-refractivity contribution is 5.32. The van der Waals surface area contributed by atoms with Gasteiger partial charge in [0.2, 0.25) is 0 Å².